The van der Waals surface area contributed by atoms with Crippen LogP contribution in [0, 0.1) is 5.82 Å². The molecule has 1 N–H and O–H groups in total. The molecule has 6 rings (SSSR count). The van der Waals surface area contributed by atoms with Gasteiger partial charge in [0.25, 0.3) is 0 Å². The summed E-state index contributed by atoms with van der Waals surface area (Å²) in [6, 6.07) is 23.8. The number of nitrogens with zero attached hydrogens (tertiary/aromatic N) is 2. The van der Waals surface area contributed by atoms with Crippen LogP contribution in [0.3, 0.4) is 0 Å². The molecule has 1 aliphatic heterocycles. The van der Waals surface area contributed by atoms with Crippen LogP contribution in [0.2, 0.25) is 0 Å². The summed E-state index contributed by atoms with van der Waals surface area (Å²) in [5.74, 6) is 1.22. The Hall–Kier alpha value is -4.52. The maximum Gasteiger partial charge on any atom is 0.180 e. The van der Waals surface area contributed by atoms with Gasteiger partial charge in [0, 0.05) is 29.1 Å². The maximum atomic E-state index is 13.6. The van der Waals surface area contributed by atoms with E-state index in [1.165, 1.54) is 18.5 Å². The molecular formula is C35H31BrFN3O6S. The van der Waals surface area contributed by atoms with Crippen LogP contribution in [-0.2, 0) is 31.5 Å². The second-order valence-electron chi connectivity index (χ2n) is 10.9. The monoisotopic (exact) mass is 719 g/mol. The fraction of sp³-hybridized carbons (Fsp3) is 0.200. The molecule has 1 aliphatic rings. The minimum atomic E-state index is -3.50. The average molecular weight is 721 g/mol. The lowest BCUT2D eigenvalue weighted by molar-refractivity contribution is -0.0430. The second kappa shape index (κ2) is 14.1. The van der Waals surface area contributed by atoms with E-state index in [4.69, 9.17) is 18.9 Å². The van der Waals surface area contributed by atoms with E-state index in [9.17, 15) is 12.8 Å². The van der Waals surface area contributed by atoms with Gasteiger partial charge in [-0.2, -0.15) is 0 Å². The topological polar surface area (TPSA) is 109 Å². The minimum Gasteiger partial charge on any atom is -0.496 e. The van der Waals surface area contributed by atoms with E-state index >= 15 is 0 Å². The lowest BCUT2D eigenvalue weighted by Crippen LogP contribution is -2.32. The Morgan fingerprint density at radius 1 is 1.00 bits per heavy atom. The third-order valence-electron chi connectivity index (χ3n) is 7.70. The first-order valence-corrected chi connectivity index (χ1v) is 17.2. The zero-order valence-electron chi connectivity index (χ0n) is 25.4. The Morgan fingerprint density at radius 3 is 2.60 bits per heavy atom. The van der Waals surface area contributed by atoms with Crippen LogP contribution in [0.1, 0.15) is 17.5 Å². The molecule has 12 heteroatoms. The van der Waals surface area contributed by atoms with E-state index in [0.717, 1.165) is 11.3 Å². The number of fused-ring (bicyclic) bond motifs is 1. The van der Waals surface area contributed by atoms with Crippen molar-refractivity contribution in [3.8, 4) is 11.5 Å². The van der Waals surface area contributed by atoms with Gasteiger partial charge in [-0.3, -0.25) is 0 Å². The molecule has 0 fully saturated rings. The van der Waals surface area contributed by atoms with Gasteiger partial charge in [0.15, 0.2) is 15.4 Å². The summed E-state index contributed by atoms with van der Waals surface area (Å²) >= 11 is 3.57. The highest BCUT2D eigenvalue weighted by atomic mass is 79.9. The van der Waals surface area contributed by atoms with Crippen LogP contribution in [0.5, 0.6) is 11.5 Å². The van der Waals surface area contributed by atoms with Crippen LogP contribution in [0.25, 0.3) is 10.9 Å². The molecule has 2 heterocycles. The van der Waals surface area contributed by atoms with Gasteiger partial charge in [0.1, 0.15) is 36.1 Å². The lowest BCUT2D eigenvalue weighted by Gasteiger charge is -2.31. The molecule has 0 saturated carbocycles. The molecule has 0 saturated heterocycles. The number of rotatable bonds is 13. The highest BCUT2D eigenvalue weighted by Gasteiger charge is 2.39. The number of benzene rings is 4. The summed E-state index contributed by atoms with van der Waals surface area (Å²) in [4.78, 5) is 9.24. The molecule has 0 aliphatic carbocycles. The molecule has 0 bridgehead atoms. The molecule has 242 valence electrons. The van der Waals surface area contributed by atoms with E-state index in [0.29, 0.717) is 44.7 Å². The van der Waals surface area contributed by atoms with Gasteiger partial charge in [0.2, 0.25) is 0 Å². The molecule has 1 aromatic heterocycles. The number of ether oxygens (including phenoxy) is 4. The van der Waals surface area contributed by atoms with E-state index in [-0.39, 0.29) is 36.3 Å². The van der Waals surface area contributed by atoms with Crippen molar-refractivity contribution in [3.05, 3.63) is 125 Å². The molecule has 9 nitrogen and oxygen atoms in total. The normalized spacial score (nSPS) is 15.8. The van der Waals surface area contributed by atoms with Gasteiger partial charge in [-0.25, -0.2) is 22.8 Å². The Bertz CT molecular complexity index is 2020. The highest BCUT2D eigenvalue weighted by molar-refractivity contribution is 9.10. The van der Waals surface area contributed by atoms with Crippen LogP contribution in [0.15, 0.2) is 113 Å². The first-order valence-electron chi connectivity index (χ1n) is 14.7. The fourth-order valence-electron chi connectivity index (χ4n) is 5.29. The van der Waals surface area contributed by atoms with Gasteiger partial charge in [0.05, 0.1) is 47.2 Å². The summed E-state index contributed by atoms with van der Waals surface area (Å²) in [5.41, 5.74) is 1.87. The lowest BCUT2D eigenvalue weighted by atomic mass is 9.90. The number of anilines is 2. The zero-order valence-corrected chi connectivity index (χ0v) is 27.8. The van der Waals surface area contributed by atoms with Gasteiger partial charge < -0.3 is 24.3 Å². The Morgan fingerprint density at radius 2 is 1.85 bits per heavy atom. The van der Waals surface area contributed by atoms with E-state index in [2.05, 4.69) is 31.2 Å². The van der Waals surface area contributed by atoms with Crippen molar-refractivity contribution in [1.29, 1.82) is 0 Å². The first-order chi connectivity index (χ1) is 22.8. The largest absolute Gasteiger partial charge is 0.496 e. The molecule has 1 atom stereocenters. The van der Waals surface area contributed by atoms with E-state index in [1.54, 1.807) is 55.8 Å². The number of hydrogen-bond acceptors (Lipinski definition) is 9. The number of hydrogen-bond donors (Lipinski definition) is 1. The summed E-state index contributed by atoms with van der Waals surface area (Å²) in [6.45, 7) is 0.299. The van der Waals surface area contributed by atoms with Crippen LogP contribution in [-0.4, -0.2) is 44.5 Å². The molecule has 0 radical (unpaired) electrons. The van der Waals surface area contributed by atoms with E-state index in [1.807, 2.05) is 36.4 Å². The SMILES string of the molecule is COc1cc2ncnc(Nc3ccc(OCc4cccc(F)c4)c(Br)c3)c2cc1C1(COCCS(=O)(=O)c2ccccc2)CC=CO1. The Kier molecular flexibility index (Phi) is 9.71. The second-order valence-corrected chi connectivity index (χ2v) is 13.8. The van der Waals surface area contributed by atoms with Crippen molar-refractivity contribution in [1.82, 2.24) is 9.97 Å². The van der Waals surface area contributed by atoms with Crippen molar-refractivity contribution in [2.75, 3.05) is 31.4 Å². The molecule has 1 unspecified atom stereocenters. The van der Waals surface area contributed by atoms with Crippen LogP contribution >= 0.6 is 15.9 Å². The van der Waals surface area contributed by atoms with Crippen molar-refractivity contribution < 1.29 is 31.8 Å². The van der Waals surface area contributed by atoms with Gasteiger partial charge in [-0.05, 0) is 76.1 Å². The van der Waals surface area contributed by atoms with Crippen molar-refractivity contribution in [2.24, 2.45) is 0 Å². The van der Waals surface area contributed by atoms with Crippen LogP contribution < -0.4 is 14.8 Å². The third-order valence-corrected chi connectivity index (χ3v) is 10.0. The first kappa shape index (κ1) is 32.4. The predicted octanol–water partition coefficient (Wildman–Crippen LogP) is 7.48. The maximum absolute atomic E-state index is 13.6. The fourth-order valence-corrected chi connectivity index (χ4v) is 6.93. The van der Waals surface area contributed by atoms with Gasteiger partial charge >= 0.3 is 0 Å². The standard InChI is InChI=1S/C35H31BrFN3O6S/c1-43-33-20-31-28(19-29(33)35(13-6-14-46-35)22-44-15-16-47(41,42)27-9-3-2-4-10-27)34(39-23-38-31)40-26-11-12-32(30(36)18-26)45-21-24-7-5-8-25(37)17-24/h2-12,14,17-20,23H,13,15-16,21-22H2,1H3,(H,38,39,40). The molecule has 47 heavy (non-hydrogen) atoms. The number of methoxy groups -OCH3 is 1. The van der Waals surface area contributed by atoms with Crippen molar-refractivity contribution in [2.45, 2.75) is 23.5 Å². The van der Waals surface area contributed by atoms with Gasteiger partial charge in [-0.1, -0.05) is 30.3 Å². The summed E-state index contributed by atoms with van der Waals surface area (Å²) in [6.07, 6.45) is 5.46. The molecule has 0 spiro atoms. The summed E-state index contributed by atoms with van der Waals surface area (Å²) in [5, 5.41) is 4.08. The highest BCUT2D eigenvalue weighted by Crippen LogP contribution is 2.43. The predicted molar refractivity (Wildman–Crippen MR) is 180 cm³/mol. The van der Waals surface area contributed by atoms with E-state index < -0.39 is 15.4 Å². The van der Waals surface area contributed by atoms with Crippen molar-refractivity contribution in [3.63, 3.8) is 0 Å². The number of halogens is 2. The number of nitrogens with one attached hydrogen (secondary N) is 1. The third kappa shape index (κ3) is 7.40. The Balaban J connectivity index is 1.22. The quantitative estimate of drug-likeness (QED) is 0.124. The average Bonchev–Trinajstić information content (AvgIpc) is 3.56. The Labute approximate surface area is 280 Å². The smallest absolute Gasteiger partial charge is 0.180 e. The van der Waals surface area contributed by atoms with Crippen molar-refractivity contribution >= 4 is 48.2 Å². The number of aromatic nitrogens is 2. The molecule has 4 aromatic carbocycles. The number of sulfone groups is 1. The molecule has 0 amide bonds. The minimum absolute atomic E-state index is 0.00895. The van der Waals surface area contributed by atoms with Gasteiger partial charge in [-0.15, -0.1) is 0 Å². The summed E-state index contributed by atoms with van der Waals surface area (Å²) < 4.78 is 63.6. The summed E-state index contributed by atoms with van der Waals surface area (Å²) in [7, 11) is -1.92. The molecular weight excluding hydrogens is 689 g/mol. The zero-order chi connectivity index (χ0) is 32.9. The van der Waals surface area contributed by atoms with Crippen LogP contribution in [0.4, 0.5) is 15.9 Å². The molecule has 5 aromatic rings.